The highest BCUT2D eigenvalue weighted by Crippen LogP contribution is 2.33. The number of hydrogen-bond donors (Lipinski definition) is 4. The maximum atomic E-state index is 6.12. The molecule has 2 aromatic carbocycles. The zero-order chi connectivity index (χ0) is 39.7. The Kier molecular flexibility index (Phi) is 17.1. The zero-order valence-electron chi connectivity index (χ0n) is 33.6. The molecule has 0 saturated carbocycles. The Morgan fingerprint density at radius 2 is 1.24 bits per heavy atom. The third-order valence-electron chi connectivity index (χ3n) is 9.19. The Bertz CT molecular complexity index is 1760. The SMILES string of the molecule is CNc1cc(C)nc(Cl)n1.CNc1cc(C)nc(Nc2ccc(OC)c(OCC3CCCN(C)C3)c2)n1.COc1ccc(N)cc1OCC1CCCN(C)C1. The van der Waals surface area contributed by atoms with Crippen molar-refractivity contribution in [2.24, 2.45) is 11.8 Å². The number of aromatic nitrogens is 4. The molecule has 55 heavy (non-hydrogen) atoms. The number of nitrogen functional groups attached to an aromatic ring is 1. The van der Waals surface area contributed by atoms with Crippen molar-refractivity contribution < 1.29 is 18.9 Å². The van der Waals surface area contributed by atoms with E-state index in [1.165, 1.54) is 38.8 Å². The second-order valence-corrected chi connectivity index (χ2v) is 14.3. The van der Waals surface area contributed by atoms with Gasteiger partial charge in [-0.15, -0.1) is 0 Å². The van der Waals surface area contributed by atoms with Gasteiger partial charge in [-0.3, -0.25) is 0 Å². The minimum absolute atomic E-state index is 0.282. The number of aryl methyl sites for hydroxylation is 2. The lowest BCUT2D eigenvalue weighted by Gasteiger charge is -2.29. The number of nitrogens with zero attached hydrogens (tertiary/aromatic N) is 6. The van der Waals surface area contributed by atoms with Gasteiger partial charge >= 0.3 is 0 Å². The first-order chi connectivity index (χ1) is 26.5. The first kappa shape index (κ1) is 42.9. The molecule has 4 heterocycles. The van der Waals surface area contributed by atoms with E-state index in [0.717, 1.165) is 71.4 Å². The summed E-state index contributed by atoms with van der Waals surface area (Å²) in [4.78, 5) is 21.4. The third kappa shape index (κ3) is 14.4. The second kappa shape index (κ2) is 21.9. The van der Waals surface area contributed by atoms with E-state index in [1.807, 2.05) is 69.4 Å². The lowest BCUT2D eigenvalue weighted by Crippen LogP contribution is -2.34. The third-order valence-corrected chi connectivity index (χ3v) is 9.36. The van der Waals surface area contributed by atoms with Crippen molar-refractivity contribution in [2.75, 3.05) is 103 Å². The summed E-state index contributed by atoms with van der Waals surface area (Å²) >= 11 is 5.57. The maximum absolute atomic E-state index is 6.12. The molecule has 0 amide bonds. The minimum atomic E-state index is 0.282. The number of hydrogen-bond acceptors (Lipinski definition) is 14. The number of rotatable bonds is 12. The molecule has 2 fully saturated rings. The molecule has 2 unspecified atom stereocenters. The summed E-state index contributed by atoms with van der Waals surface area (Å²) in [6, 6.07) is 15.0. The van der Waals surface area contributed by atoms with E-state index >= 15 is 0 Å². The van der Waals surface area contributed by atoms with Gasteiger partial charge in [0.05, 0.1) is 27.4 Å². The predicted molar refractivity (Wildman–Crippen MR) is 223 cm³/mol. The van der Waals surface area contributed by atoms with Crippen LogP contribution in [0, 0.1) is 25.7 Å². The fourth-order valence-corrected chi connectivity index (χ4v) is 6.67. The average Bonchev–Trinajstić information content (AvgIpc) is 3.16. The van der Waals surface area contributed by atoms with Crippen molar-refractivity contribution in [2.45, 2.75) is 39.5 Å². The van der Waals surface area contributed by atoms with Crippen molar-refractivity contribution >= 4 is 40.6 Å². The molecule has 2 atom stereocenters. The highest BCUT2D eigenvalue weighted by Gasteiger charge is 2.20. The molecule has 6 rings (SSSR count). The quantitative estimate of drug-likeness (QED) is 0.0882. The molecule has 2 aliphatic rings. The van der Waals surface area contributed by atoms with Gasteiger partial charge in [0.1, 0.15) is 11.6 Å². The lowest BCUT2D eigenvalue weighted by molar-refractivity contribution is 0.148. The molecule has 2 aliphatic heterocycles. The van der Waals surface area contributed by atoms with E-state index in [9.17, 15) is 0 Å². The van der Waals surface area contributed by atoms with Gasteiger partial charge in [0.2, 0.25) is 11.2 Å². The van der Waals surface area contributed by atoms with E-state index in [4.69, 9.17) is 36.3 Å². The summed E-state index contributed by atoms with van der Waals surface area (Å²) in [5, 5.41) is 9.45. The first-order valence-corrected chi connectivity index (χ1v) is 19.1. The Labute approximate surface area is 331 Å². The Morgan fingerprint density at radius 3 is 1.76 bits per heavy atom. The summed E-state index contributed by atoms with van der Waals surface area (Å²) in [7, 11) is 11.3. The number of nitrogens with two attached hydrogens (primary N) is 1. The summed E-state index contributed by atoms with van der Waals surface area (Å²) in [6.45, 7) is 9.77. The van der Waals surface area contributed by atoms with E-state index in [0.29, 0.717) is 30.1 Å². The van der Waals surface area contributed by atoms with E-state index in [-0.39, 0.29) is 5.28 Å². The van der Waals surface area contributed by atoms with Crippen molar-refractivity contribution in [1.29, 1.82) is 0 Å². The molecular weight excluding hydrogens is 720 g/mol. The molecule has 2 saturated heterocycles. The minimum Gasteiger partial charge on any atom is -0.493 e. The molecule has 300 valence electrons. The van der Waals surface area contributed by atoms with E-state index in [2.05, 4.69) is 59.8 Å². The first-order valence-electron chi connectivity index (χ1n) is 18.7. The normalized spacial score (nSPS) is 17.0. The van der Waals surface area contributed by atoms with Gasteiger partial charge in [0.25, 0.3) is 0 Å². The van der Waals surface area contributed by atoms with Gasteiger partial charge in [-0.2, -0.15) is 4.98 Å². The van der Waals surface area contributed by atoms with Crippen LogP contribution in [-0.4, -0.2) is 112 Å². The lowest BCUT2D eigenvalue weighted by atomic mass is 9.99. The number of piperidine rings is 2. The number of halogens is 1. The smallest absolute Gasteiger partial charge is 0.229 e. The monoisotopic (exact) mass is 778 g/mol. The van der Waals surface area contributed by atoms with Crippen LogP contribution < -0.4 is 40.6 Å². The Morgan fingerprint density at radius 1 is 0.709 bits per heavy atom. The van der Waals surface area contributed by atoms with Crippen LogP contribution in [0.3, 0.4) is 0 Å². The van der Waals surface area contributed by atoms with Crippen LogP contribution in [0.15, 0.2) is 48.5 Å². The molecule has 4 aromatic rings. The number of ether oxygens (including phenoxy) is 4. The fraction of sp³-hybridized carbons (Fsp3) is 0.500. The van der Waals surface area contributed by atoms with Crippen molar-refractivity contribution in [3.8, 4) is 23.0 Å². The van der Waals surface area contributed by atoms with Gasteiger partial charge in [0, 0.05) is 86.0 Å². The van der Waals surface area contributed by atoms with Crippen LogP contribution in [0.25, 0.3) is 0 Å². The number of nitrogens with one attached hydrogen (secondary N) is 3. The summed E-state index contributed by atoms with van der Waals surface area (Å²) in [5.74, 6) is 6.15. The van der Waals surface area contributed by atoms with Gasteiger partial charge < -0.3 is 50.4 Å². The fourth-order valence-electron chi connectivity index (χ4n) is 6.45. The molecule has 2 aromatic heterocycles. The highest BCUT2D eigenvalue weighted by molar-refractivity contribution is 6.28. The molecule has 5 N–H and O–H groups in total. The van der Waals surface area contributed by atoms with Gasteiger partial charge in [-0.1, -0.05) is 0 Å². The molecular formula is C40H59ClN10O4. The van der Waals surface area contributed by atoms with Gasteiger partial charge in [-0.05, 0) is 103 Å². The molecule has 0 spiro atoms. The van der Waals surface area contributed by atoms with E-state index < -0.39 is 0 Å². The summed E-state index contributed by atoms with van der Waals surface area (Å²) in [5.41, 5.74) is 9.09. The topological polar surface area (TPSA) is 157 Å². The second-order valence-electron chi connectivity index (χ2n) is 13.9. The highest BCUT2D eigenvalue weighted by atomic mass is 35.5. The molecule has 0 bridgehead atoms. The van der Waals surface area contributed by atoms with Crippen LogP contribution in [0.1, 0.15) is 37.1 Å². The van der Waals surface area contributed by atoms with Crippen LogP contribution in [0.2, 0.25) is 5.28 Å². The number of anilines is 5. The van der Waals surface area contributed by atoms with Crippen molar-refractivity contribution in [3.05, 3.63) is 65.2 Å². The summed E-state index contributed by atoms with van der Waals surface area (Å²) in [6.07, 6.45) is 4.91. The van der Waals surface area contributed by atoms with Crippen LogP contribution in [0.5, 0.6) is 23.0 Å². The average molecular weight is 779 g/mol. The maximum Gasteiger partial charge on any atom is 0.229 e. The zero-order valence-corrected chi connectivity index (χ0v) is 34.4. The molecule has 15 heteroatoms. The largest absolute Gasteiger partial charge is 0.493 e. The van der Waals surface area contributed by atoms with Crippen molar-refractivity contribution in [1.82, 2.24) is 29.7 Å². The van der Waals surface area contributed by atoms with Gasteiger partial charge in [0.15, 0.2) is 23.0 Å². The molecule has 0 radical (unpaired) electrons. The number of methoxy groups -OCH3 is 2. The standard InChI is InChI=1S/C20H29N5O2.C14H22N2O2.C6H8ClN3/c1-14-10-19(21-2)24-20(22-14)23-16-7-8-17(26-4)18(11-16)27-13-15-6-5-9-25(3)12-15;1-16-7-3-4-11(9-16)10-18-14-8-12(15)5-6-13(14)17-2;1-4-3-5(8-2)10-6(7)9-4/h7-8,10-11,15H,5-6,9,12-13H2,1-4H3,(H2,21,22,23,24);5-6,8,11H,3-4,7,9-10,15H2,1-2H3;3H,1-2H3,(H,8,9,10). The van der Waals surface area contributed by atoms with E-state index in [1.54, 1.807) is 21.3 Å². The van der Waals surface area contributed by atoms with Gasteiger partial charge in [-0.25, -0.2) is 15.0 Å². The van der Waals surface area contributed by atoms with Crippen LogP contribution >= 0.6 is 11.6 Å². The molecule has 14 nitrogen and oxygen atoms in total. The van der Waals surface area contributed by atoms with Crippen LogP contribution in [0.4, 0.5) is 29.0 Å². The van der Waals surface area contributed by atoms with Crippen molar-refractivity contribution in [3.63, 3.8) is 0 Å². The number of benzene rings is 2. The Balaban J connectivity index is 0.000000205. The number of likely N-dealkylation sites (tertiary alicyclic amines) is 2. The molecule has 0 aliphatic carbocycles. The summed E-state index contributed by atoms with van der Waals surface area (Å²) < 4.78 is 22.7. The Hall–Kier alpha value is -4.79. The predicted octanol–water partition coefficient (Wildman–Crippen LogP) is 6.78. The van der Waals surface area contributed by atoms with Crippen LogP contribution in [-0.2, 0) is 0 Å².